The molecule has 15 heavy (non-hydrogen) atoms. The van der Waals surface area contributed by atoms with Crippen LogP contribution in [-0.2, 0) is 4.74 Å². The molecule has 0 fully saturated rings. The molecule has 0 radical (unpaired) electrons. The molecule has 1 unspecified atom stereocenters. The van der Waals surface area contributed by atoms with Crippen molar-refractivity contribution >= 4 is 5.78 Å². The molecular weight excluding hydrogens is 195 g/mol. The lowest BCUT2D eigenvalue weighted by atomic mass is 10.0. The zero-order valence-electron chi connectivity index (χ0n) is 9.21. The third kappa shape index (κ3) is 2.86. The zero-order chi connectivity index (χ0) is 11.4. The molecule has 0 aliphatic heterocycles. The van der Waals surface area contributed by atoms with E-state index in [0.717, 1.165) is 5.56 Å². The number of Topliss-reactive ketones (excluding diaryl/α,β-unsaturated/α-hetero) is 1. The van der Waals surface area contributed by atoms with Crippen LogP contribution in [0, 0.1) is 12.7 Å². The van der Waals surface area contributed by atoms with Gasteiger partial charge < -0.3 is 4.74 Å². The van der Waals surface area contributed by atoms with E-state index in [4.69, 9.17) is 4.74 Å². The number of rotatable bonds is 4. The van der Waals surface area contributed by atoms with Crippen molar-refractivity contribution in [2.24, 2.45) is 0 Å². The largest absolute Gasteiger partial charge is 0.373 e. The van der Waals surface area contributed by atoms with Gasteiger partial charge in [0.1, 0.15) is 11.9 Å². The van der Waals surface area contributed by atoms with Crippen LogP contribution in [0.4, 0.5) is 4.39 Å². The fraction of sp³-hybridized carbons (Fsp3) is 0.417. The quantitative estimate of drug-likeness (QED) is 0.714. The SMILES string of the molecule is CCC(OC)C(=O)c1cc(C)cc(F)c1. The summed E-state index contributed by atoms with van der Waals surface area (Å²) >= 11 is 0. The number of halogens is 1. The number of carbonyl (C=O) groups is 1. The van der Waals surface area contributed by atoms with Crippen molar-refractivity contribution < 1.29 is 13.9 Å². The van der Waals surface area contributed by atoms with Gasteiger partial charge in [0.25, 0.3) is 0 Å². The molecule has 0 spiro atoms. The van der Waals surface area contributed by atoms with Gasteiger partial charge in [-0.25, -0.2) is 4.39 Å². The maximum absolute atomic E-state index is 13.1. The van der Waals surface area contributed by atoms with Gasteiger partial charge in [-0.3, -0.25) is 4.79 Å². The summed E-state index contributed by atoms with van der Waals surface area (Å²) in [5.74, 6) is -0.549. The molecule has 2 nitrogen and oxygen atoms in total. The molecule has 0 saturated carbocycles. The van der Waals surface area contributed by atoms with Crippen LogP contribution in [-0.4, -0.2) is 19.0 Å². The van der Waals surface area contributed by atoms with Gasteiger partial charge in [-0.1, -0.05) is 6.92 Å². The molecule has 0 heterocycles. The standard InChI is InChI=1S/C12H15FO2/c1-4-11(15-3)12(14)9-5-8(2)6-10(13)7-9/h5-7,11H,4H2,1-3H3. The molecule has 1 atom stereocenters. The van der Waals surface area contributed by atoms with E-state index in [1.807, 2.05) is 6.92 Å². The lowest BCUT2D eigenvalue weighted by Crippen LogP contribution is -2.22. The van der Waals surface area contributed by atoms with Crippen molar-refractivity contribution in [1.29, 1.82) is 0 Å². The van der Waals surface area contributed by atoms with Crippen LogP contribution in [0.5, 0.6) is 0 Å². The minimum atomic E-state index is -0.480. The fourth-order valence-corrected chi connectivity index (χ4v) is 1.52. The predicted molar refractivity (Wildman–Crippen MR) is 56.6 cm³/mol. The number of carbonyl (C=O) groups excluding carboxylic acids is 1. The molecule has 0 amide bonds. The Morgan fingerprint density at radius 1 is 1.47 bits per heavy atom. The Hall–Kier alpha value is -1.22. The van der Waals surface area contributed by atoms with Gasteiger partial charge in [0.2, 0.25) is 0 Å². The summed E-state index contributed by atoms with van der Waals surface area (Å²) in [5, 5.41) is 0. The Kier molecular flexibility index (Phi) is 3.97. The normalized spacial score (nSPS) is 12.5. The Bertz CT molecular complexity index is 336. The maximum atomic E-state index is 13.1. The van der Waals surface area contributed by atoms with E-state index >= 15 is 0 Å². The van der Waals surface area contributed by atoms with Crippen LogP contribution in [0.1, 0.15) is 29.3 Å². The molecule has 1 aromatic carbocycles. The first-order valence-corrected chi connectivity index (χ1v) is 4.92. The lowest BCUT2D eigenvalue weighted by Gasteiger charge is -2.11. The predicted octanol–water partition coefficient (Wildman–Crippen LogP) is 2.74. The smallest absolute Gasteiger partial charge is 0.191 e. The molecule has 0 saturated heterocycles. The van der Waals surface area contributed by atoms with Crippen LogP contribution in [0.25, 0.3) is 0 Å². The van der Waals surface area contributed by atoms with Gasteiger partial charge in [0.05, 0.1) is 0 Å². The Morgan fingerprint density at radius 3 is 2.60 bits per heavy atom. The number of benzene rings is 1. The Morgan fingerprint density at radius 2 is 2.13 bits per heavy atom. The van der Waals surface area contributed by atoms with Crippen LogP contribution in [0.3, 0.4) is 0 Å². The summed E-state index contributed by atoms with van der Waals surface area (Å²) in [4.78, 5) is 11.8. The highest BCUT2D eigenvalue weighted by Gasteiger charge is 2.18. The second-order valence-corrected chi connectivity index (χ2v) is 3.51. The van der Waals surface area contributed by atoms with Crippen molar-refractivity contribution in [3.05, 3.63) is 35.1 Å². The number of ketones is 1. The van der Waals surface area contributed by atoms with Crippen LogP contribution >= 0.6 is 0 Å². The van der Waals surface area contributed by atoms with E-state index in [9.17, 15) is 9.18 Å². The van der Waals surface area contributed by atoms with Crippen molar-refractivity contribution in [1.82, 2.24) is 0 Å². The summed E-state index contributed by atoms with van der Waals surface area (Å²) in [6.45, 7) is 3.62. The van der Waals surface area contributed by atoms with E-state index in [1.165, 1.54) is 19.2 Å². The van der Waals surface area contributed by atoms with E-state index < -0.39 is 6.10 Å². The molecule has 0 aromatic heterocycles. The van der Waals surface area contributed by atoms with Crippen LogP contribution in [0.15, 0.2) is 18.2 Å². The maximum Gasteiger partial charge on any atom is 0.191 e. The highest BCUT2D eigenvalue weighted by molar-refractivity contribution is 5.99. The van der Waals surface area contributed by atoms with E-state index in [1.54, 1.807) is 13.0 Å². The highest BCUT2D eigenvalue weighted by atomic mass is 19.1. The molecule has 3 heteroatoms. The highest BCUT2D eigenvalue weighted by Crippen LogP contribution is 2.13. The number of hydrogen-bond acceptors (Lipinski definition) is 2. The number of aryl methyl sites for hydroxylation is 1. The van der Waals surface area contributed by atoms with Gasteiger partial charge in [0.15, 0.2) is 5.78 Å². The first-order valence-electron chi connectivity index (χ1n) is 4.92. The molecular formula is C12H15FO2. The van der Waals surface area contributed by atoms with Crippen LogP contribution in [0.2, 0.25) is 0 Å². The first kappa shape index (κ1) is 11.9. The topological polar surface area (TPSA) is 26.3 Å². The minimum absolute atomic E-state index is 0.164. The lowest BCUT2D eigenvalue weighted by molar-refractivity contribution is 0.0595. The minimum Gasteiger partial charge on any atom is -0.373 e. The molecule has 0 aliphatic rings. The van der Waals surface area contributed by atoms with Crippen molar-refractivity contribution in [3.8, 4) is 0 Å². The zero-order valence-corrected chi connectivity index (χ0v) is 9.21. The summed E-state index contributed by atoms with van der Waals surface area (Å²) in [6, 6.07) is 4.31. The van der Waals surface area contributed by atoms with Gasteiger partial charge in [-0.05, 0) is 37.1 Å². The summed E-state index contributed by atoms with van der Waals surface area (Å²) < 4.78 is 18.1. The van der Waals surface area contributed by atoms with Gasteiger partial charge >= 0.3 is 0 Å². The molecule has 1 rings (SSSR count). The molecule has 0 aliphatic carbocycles. The number of hydrogen-bond donors (Lipinski definition) is 0. The van der Waals surface area contributed by atoms with Crippen molar-refractivity contribution in [2.75, 3.05) is 7.11 Å². The summed E-state index contributed by atoms with van der Waals surface area (Å²) in [6.07, 6.45) is 0.108. The third-order valence-corrected chi connectivity index (χ3v) is 2.27. The Labute approximate surface area is 89.1 Å². The molecule has 1 aromatic rings. The van der Waals surface area contributed by atoms with Gasteiger partial charge in [-0.2, -0.15) is 0 Å². The summed E-state index contributed by atoms with van der Waals surface area (Å²) in [7, 11) is 1.48. The average molecular weight is 210 g/mol. The van der Waals surface area contributed by atoms with E-state index in [2.05, 4.69) is 0 Å². The number of methoxy groups -OCH3 is 1. The molecule has 0 bridgehead atoms. The monoisotopic (exact) mass is 210 g/mol. The van der Waals surface area contributed by atoms with E-state index in [0.29, 0.717) is 12.0 Å². The van der Waals surface area contributed by atoms with Gasteiger partial charge in [-0.15, -0.1) is 0 Å². The summed E-state index contributed by atoms with van der Waals surface area (Å²) in [5.41, 5.74) is 1.12. The van der Waals surface area contributed by atoms with Crippen molar-refractivity contribution in [2.45, 2.75) is 26.4 Å². The second kappa shape index (κ2) is 5.03. The van der Waals surface area contributed by atoms with Crippen molar-refractivity contribution in [3.63, 3.8) is 0 Å². The number of ether oxygens (including phenoxy) is 1. The van der Waals surface area contributed by atoms with Gasteiger partial charge in [0, 0.05) is 12.7 Å². The first-order chi connectivity index (χ1) is 7.08. The second-order valence-electron chi connectivity index (χ2n) is 3.51. The Balaban J connectivity index is 3.00. The van der Waals surface area contributed by atoms with E-state index in [-0.39, 0.29) is 11.6 Å². The van der Waals surface area contributed by atoms with Crippen LogP contribution < -0.4 is 0 Å². The molecule has 0 N–H and O–H groups in total. The fourth-order valence-electron chi connectivity index (χ4n) is 1.52. The molecule has 82 valence electrons. The third-order valence-electron chi connectivity index (χ3n) is 2.27. The average Bonchev–Trinajstić information content (AvgIpc) is 2.18.